The van der Waals surface area contributed by atoms with Crippen LogP contribution in [0.1, 0.15) is 0 Å². The van der Waals surface area contributed by atoms with Crippen LogP contribution >= 0.6 is 0 Å². The summed E-state index contributed by atoms with van der Waals surface area (Å²) >= 11 is 3.44. The summed E-state index contributed by atoms with van der Waals surface area (Å²) in [5.41, 5.74) is 0. The van der Waals surface area contributed by atoms with Crippen molar-refractivity contribution in [2.45, 2.75) is 0 Å². The van der Waals surface area contributed by atoms with Crippen LogP contribution in [0, 0.1) is 0 Å². The molecule has 1 radical (unpaired) electrons. The molecule has 0 spiro atoms. The molecule has 0 aromatic heterocycles. The van der Waals surface area contributed by atoms with Gasteiger partial charge in [0.1, 0.15) is 0 Å². The zero-order valence-corrected chi connectivity index (χ0v) is 10.9. The minimum absolute atomic E-state index is 0.439. The van der Waals surface area contributed by atoms with E-state index in [-0.39, 0.29) is 0 Å². The predicted octanol–water partition coefficient (Wildman–Crippen LogP) is 0.135. The molecule has 2 aromatic rings. The molecule has 0 fully saturated rings. The Morgan fingerprint density at radius 3 is 1.93 bits per heavy atom. The predicted molar refractivity (Wildman–Crippen MR) is 63.3 cm³/mol. The number of hydrogen-bond donors (Lipinski definition) is 0. The first-order valence-electron chi connectivity index (χ1n) is 4.34. The van der Waals surface area contributed by atoms with Crippen molar-refractivity contribution in [1.29, 1.82) is 0 Å². The van der Waals surface area contributed by atoms with Crippen LogP contribution < -0.4 is 13.4 Å². The van der Waals surface area contributed by atoms with E-state index >= 15 is 0 Å². The molecule has 0 N–H and O–H groups in total. The molecule has 14 heavy (non-hydrogen) atoms. The van der Waals surface area contributed by atoms with Crippen molar-refractivity contribution in [1.82, 2.24) is 0 Å². The molecule has 0 aliphatic heterocycles. The first-order valence-corrected chi connectivity index (χ1v) is 6.91. The van der Waals surface area contributed by atoms with Crippen LogP contribution in [0.25, 0.3) is 0 Å². The van der Waals surface area contributed by atoms with Crippen molar-refractivity contribution in [3.63, 3.8) is 0 Å². The normalized spacial score (nSPS) is 10.0. The quantitative estimate of drug-likeness (QED) is 0.692. The topological polar surface area (TPSA) is 0 Å². The molecule has 2 rings (SSSR count). The maximum atomic E-state index is 3.00. The van der Waals surface area contributed by atoms with Gasteiger partial charge < -0.3 is 0 Å². The van der Waals surface area contributed by atoms with E-state index in [0.29, 0.717) is 15.0 Å². The zero-order valence-electron chi connectivity index (χ0n) is 7.51. The molecule has 0 unspecified atom stereocenters. The number of rotatable bonds is 2. The third-order valence-electron chi connectivity index (χ3n) is 1.80. The van der Waals surface area contributed by atoms with Crippen LogP contribution in [0.3, 0.4) is 0 Å². The molecule has 0 aliphatic carbocycles. The third kappa shape index (κ3) is 2.73. The van der Waals surface area contributed by atoms with Crippen LogP contribution in [-0.4, -0.2) is 31.0 Å². The fourth-order valence-electron chi connectivity index (χ4n) is 1.13. The first kappa shape index (κ1) is 10.0. The second kappa shape index (κ2) is 4.82. The molecule has 0 aliphatic rings. The van der Waals surface area contributed by atoms with Gasteiger partial charge in [-0.15, -0.1) is 0 Å². The van der Waals surface area contributed by atoms with Gasteiger partial charge >= 0.3 is 99.0 Å². The van der Waals surface area contributed by atoms with Gasteiger partial charge in [-0.05, 0) is 0 Å². The Morgan fingerprint density at radius 2 is 1.29 bits per heavy atom. The van der Waals surface area contributed by atoms with Crippen molar-refractivity contribution in [2.75, 3.05) is 0 Å². The van der Waals surface area contributed by atoms with Crippen LogP contribution in [0.2, 0.25) is 0 Å². The van der Waals surface area contributed by atoms with Crippen LogP contribution in [0.4, 0.5) is 0 Å². The van der Waals surface area contributed by atoms with Crippen molar-refractivity contribution in [3.8, 4) is 0 Å². The van der Waals surface area contributed by atoms with Gasteiger partial charge in [-0.2, -0.15) is 0 Å². The van der Waals surface area contributed by atoms with E-state index in [1.165, 1.54) is 13.4 Å². The zero-order chi connectivity index (χ0) is 9.80. The standard InChI is InChI=1S/C12H9Se2/c13-10-6-8-12(9-7-10)14-11-4-2-1-3-5-11/h1-9H. The van der Waals surface area contributed by atoms with E-state index in [0.717, 1.165) is 0 Å². The molecule has 0 amide bonds. The Morgan fingerprint density at radius 1 is 0.714 bits per heavy atom. The summed E-state index contributed by atoms with van der Waals surface area (Å²) in [7, 11) is 0. The minimum atomic E-state index is 0.439. The Hall–Kier alpha value is -0.521. The van der Waals surface area contributed by atoms with E-state index in [1.807, 2.05) is 0 Å². The van der Waals surface area contributed by atoms with Gasteiger partial charge in [0.25, 0.3) is 0 Å². The molecule has 0 nitrogen and oxygen atoms in total. The van der Waals surface area contributed by atoms with Gasteiger partial charge in [0.05, 0.1) is 0 Å². The second-order valence-electron chi connectivity index (χ2n) is 2.89. The molecule has 0 heterocycles. The van der Waals surface area contributed by atoms with Gasteiger partial charge in [-0.3, -0.25) is 0 Å². The Bertz CT molecular complexity index is 392. The Balaban J connectivity index is 2.16. The molecule has 0 atom stereocenters. The number of benzene rings is 2. The molecule has 0 saturated heterocycles. The van der Waals surface area contributed by atoms with Crippen LogP contribution in [-0.2, 0) is 0 Å². The molecule has 2 aromatic carbocycles. The summed E-state index contributed by atoms with van der Waals surface area (Å²) in [4.78, 5) is 0. The number of hydrogen-bond acceptors (Lipinski definition) is 0. The van der Waals surface area contributed by atoms with Crippen molar-refractivity contribution >= 4 is 44.4 Å². The molecule has 0 saturated carbocycles. The molecule has 2 heteroatoms. The first-order chi connectivity index (χ1) is 6.84. The monoisotopic (exact) mass is 313 g/mol. The summed E-state index contributed by atoms with van der Waals surface area (Å²) in [6.07, 6.45) is 0. The van der Waals surface area contributed by atoms with Crippen molar-refractivity contribution in [2.24, 2.45) is 0 Å². The van der Waals surface area contributed by atoms with Gasteiger partial charge in [0, 0.05) is 0 Å². The molecular weight excluding hydrogens is 302 g/mol. The van der Waals surface area contributed by atoms with E-state index in [9.17, 15) is 0 Å². The Kier molecular flexibility index (Phi) is 3.44. The molecule has 0 bridgehead atoms. The third-order valence-corrected chi connectivity index (χ3v) is 4.50. The molecule has 69 valence electrons. The summed E-state index contributed by atoms with van der Waals surface area (Å²) in [6.45, 7) is 0. The van der Waals surface area contributed by atoms with E-state index in [2.05, 4.69) is 70.6 Å². The fourth-order valence-corrected chi connectivity index (χ4v) is 3.18. The maximum absolute atomic E-state index is 3.00. The van der Waals surface area contributed by atoms with Crippen molar-refractivity contribution < 1.29 is 0 Å². The van der Waals surface area contributed by atoms with Gasteiger partial charge in [-0.1, -0.05) is 0 Å². The average Bonchev–Trinajstić information content (AvgIpc) is 2.23. The summed E-state index contributed by atoms with van der Waals surface area (Å²) in [6, 6.07) is 19.3. The van der Waals surface area contributed by atoms with Crippen molar-refractivity contribution in [3.05, 3.63) is 54.6 Å². The SMILES string of the molecule is [Se]c1ccc([Se]c2ccccc2)cc1. The van der Waals surface area contributed by atoms with Crippen LogP contribution in [0.5, 0.6) is 0 Å². The average molecular weight is 311 g/mol. The van der Waals surface area contributed by atoms with E-state index < -0.39 is 0 Å². The second-order valence-corrected chi connectivity index (χ2v) is 6.28. The van der Waals surface area contributed by atoms with Gasteiger partial charge in [0.15, 0.2) is 0 Å². The van der Waals surface area contributed by atoms with E-state index in [4.69, 9.17) is 0 Å². The van der Waals surface area contributed by atoms with E-state index in [1.54, 1.807) is 0 Å². The van der Waals surface area contributed by atoms with Gasteiger partial charge in [-0.25, -0.2) is 0 Å². The Labute approximate surface area is 98.7 Å². The molecular formula is C12H9Se2. The summed E-state index contributed by atoms with van der Waals surface area (Å²) < 4.78 is 4.05. The summed E-state index contributed by atoms with van der Waals surface area (Å²) in [5.74, 6) is 0. The van der Waals surface area contributed by atoms with Crippen LogP contribution in [0.15, 0.2) is 54.6 Å². The fraction of sp³-hybridized carbons (Fsp3) is 0. The summed E-state index contributed by atoms with van der Waals surface area (Å²) in [5, 5.41) is 0. The van der Waals surface area contributed by atoms with Gasteiger partial charge in [0.2, 0.25) is 0 Å².